The molecule has 1 saturated carbocycles. The first-order valence-electron chi connectivity index (χ1n) is 5.19. The Kier molecular flexibility index (Phi) is 3.66. The molecule has 1 aromatic rings. The van der Waals surface area contributed by atoms with Crippen LogP contribution < -0.4 is 0 Å². The van der Waals surface area contributed by atoms with Crippen LogP contribution in [-0.4, -0.2) is 17.1 Å². The summed E-state index contributed by atoms with van der Waals surface area (Å²) in [5, 5.41) is 0.509. The Hall–Kier alpha value is -0.800. The van der Waals surface area contributed by atoms with E-state index in [1.807, 2.05) is 0 Å². The predicted octanol–water partition coefficient (Wildman–Crippen LogP) is 3.49. The number of ether oxygens (including phenoxy) is 1. The van der Waals surface area contributed by atoms with Crippen molar-refractivity contribution in [3.63, 3.8) is 0 Å². The summed E-state index contributed by atoms with van der Waals surface area (Å²) in [7, 11) is 0. The molecule has 0 saturated heterocycles. The maximum absolute atomic E-state index is 11.8. The molecule has 5 heteroatoms. The van der Waals surface area contributed by atoms with Gasteiger partial charge in [0.05, 0.1) is 10.6 Å². The maximum atomic E-state index is 11.8. The minimum atomic E-state index is -0.416. The van der Waals surface area contributed by atoms with E-state index in [1.54, 1.807) is 0 Å². The summed E-state index contributed by atoms with van der Waals surface area (Å²) in [4.78, 5) is 15.6. The van der Waals surface area contributed by atoms with Crippen LogP contribution in [0.2, 0.25) is 10.2 Å². The van der Waals surface area contributed by atoms with Crippen LogP contribution in [0.3, 0.4) is 0 Å². The number of carbonyl (C=O) groups is 1. The summed E-state index contributed by atoms with van der Waals surface area (Å²) in [6.07, 6.45) is 5.47. The van der Waals surface area contributed by atoms with Gasteiger partial charge in [-0.05, 0) is 31.7 Å². The van der Waals surface area contributed by atoms with Crippen LogP contribution in [0.25, 0.3) is 0 Å². The van der Waals surface area contributed by atoms with E-state index in [0.29, 0.717) is 0 Å². The van der Waals surface area contributed by atoms with Crippen LogP contribution in [0.1, 0.15) is 36.0 Å². The van der Waals surface area contributed by atoms with E-state index in [1.165, 1.54) is 12.3 Å². The third-order valence-electron chi connectivity index (χ3n) is 2.62. The molecule has 1 aliphatic rings. The summed E-state index contributed by atoms with van der Waals surface area (Å²) in [6.45, 7) is 0. The van der Waals surface area contributed by atoms with Crippen molar-refractivity contribution in [1.29, 1.82) is 0 Å². The molecule has 0 unspecified atom stereocenters. The van der Waals surface area contributed by atoms with E-state index in [0.717, 1.165) is 25.7 Å². The van der Waals surface area contributed by atoms with Crippen molar-refractivity contribution in [1.82, 2.24) is 4.98 Å². The van der Waals surface area contributed by atoms with Gasteiger partial charge < -0.3 is 4.74 Å². The van der Waals surface area contributed by atoms with Crippen LogP contribution >= 0.6 is 23.2 Å². The number of pyridine rings is 1. The van der Waals surface area contributed by atoms with Crippen LogP contribution in [0.5, 0.6) is 0 Å². The molecule has 0 aromatic carbocycles. The summed E-state index contributed by atoms with van der Waals surface area (Å²) in [6, 6.07) is 1.43. The number of hydrogen-bond donors (Lipinski definition) is 0. The highest BCUT2D eigenvalue weighted by Gasteiger charge is 2.21. The Morgan fingerprint density at radius 1 is 1.38 bits per heavy atom. The SMILES string of the molecule is O=C(OC1CCCC1)c1cc(Cl)ncc1Cl. The van der Waals surface area contributed by atoms with Gasteiger partial charge in [0, 0.05) is 6.20 Å². The first-order chi connectivity index (χ1) is 7.66. The smallest absolute Gasteiger partial charge is 0.340 e. The molecule has 0 spiro atoms. The second-order valence-corrected chi connectivity index (χ2v) is 4.59. The van der Waals surface area contributed by atoms with Gasteiger partial charge in [-0.1, -0.05) is 23.2 Å². The molecule has 3 nitrogen and oxygen atoms in total. The van der Waals surface area contributed by atoms with Crippen molar-refractivity contribution in [3.05, 3.63) is 28.0 Å². The van der Waals surface area contributed by atoms with Crippen molar-refractivity contribution < 1.29 is 9.53 Å². The van der Waals surface area contributed by atoms with Crippen LogP contribution in [0.15, 0.2) is 12.3 Å². The third-order valence-corrected chi connectivity index (χ3v) is 3.13. The zero-order valence-electron chi connectivity index (χ0n) is 8.58. The van der Waals surface area contributed by atoms with E-state index in [4.69, 9.17) is 27.9 Å². The lowest BCUT2D eigenvalue weighted by molar-refractivity contribution is 0.0318. The average molecular weight is 260 g/mol. The van der Waals surface area contributed by atoms with Gasteiger partial charge in [0.15, 0.2) is 0 Å². The fourth-order valence-electron chi connectivity index (χ4n) is 1.79. The zero-order valence-corrected chi connectivity index (χ0v) is 10.1. The lowest BCUT2D eigenvalue weighted by atomic mass is 10.2. The number of hydrogen-bond acceptors (Lipinski definition) is 3. The number of rotatable bonds is 2. The molecule has 1 fully saturated rings. The van der Waals surface area contributed by atoms with Gasteiger partial charge in [-0.25, -0.2) is 9.78 Å². The van der Waals surface area contributed by atoms with Crippen LogP contribution in [-0.2, 0) is 4.74 Å². The van der Waals surface area contributed by atoms with E-state index in [2.05, 4.69) is 4.98 Å². The molecule has 0 N–H and O–H groups in total. The Labute approximate surface area is 104 Å². The molecule has 0 radical (unpaired) electrons. The van der Waals surface area contributed by atoms with Crippen molar-refractivity contribution in [2.45, 2.75) is 31.8 Å². The average Bonchev–Trinajstić information content (AvgIpc) is 2.74. The maximum Gasteiger partial charge on any atom is 0.340 e. The van der Waals surface area contributed by atoms with E-state index in [9.17, 15) is 4.79 Å². The molecular weight excluding hydrogens is 249 g/mol. The second-order valence-electron chi connectivity index (χ2n) is 3.80. The lowest BCUT2D eigenvalue weighted by Crippen LogP contribution is -2.15. The summed E-state index contributed by atoms with van der Waals surface area (Å²) in [5.74, 6) is -0.416. The molecule has 0 atom stereocenters. The molecule has 0 bridgehead atoms. The Morgan fingerprint density at radius 3 is 2.75 bits per heavy atom. The first-order valence-corrected chi connectivity index (χ1v) is 5.94. The molecule has 2 rings (SSSR count). The van der Waals surface area contributed by atoms with Gasteiger partial charge in [0.25, 0.3) is 0 Å². The highest BCUT2D eigenvalue weighted by atomic mass is 35.5. The summed E-state index contributed by atoms with van der Waals surface area (Å²) >= 11 is 11.6. The van der Waals surface area contributed by atoms with Gasteiger partial charge in [-0.2, -0.15) is 0 Å². The topological polar surface area (TPSA) is 39.2 Å². The molecule has 1 aromatic heterocycles. The second kappa shape index (κ2) is 5.02. The largest absolute Gasteiger partial charge is 0.459 e. The van der Waals surface area contributed by atoms with Crippen molar-refractivity contribution in [2.24, 2.45) is 0 Å². The monoisotopic (exact) mass is 259 g/mol. The Balaban J connectivity index is 2.10. The van der Waals surface area contributed by atoms with Gasteiger partial charge in [-0.15, -0.1) is 0 Å². The number of halogens is 2. The summed E-state index contributed by atoms with van der Waals surface area (Å²) < 4.78 is 5.32. The molecular formula is C11H11Cl2NO2. The Bertz CT molecular complexity index is 403. The third kappa shape index (κ3) is 2.66. The molecule has 16 heavy (non-hydrogen) atoms. The number of esters is 1. The quantitative estimate of drug-likeness (QED) is 0.603. The van der Waals surface area contributed by atoms with Gasteiger partial charge in [0.1, 0.15) is 11.3 Å². The highest BCUT2D eigenvalue weighted by Crippen LogP contribution is 2.24. The zero-order chi connectivity index (χ0) is 11.5. The molecule has 0 amide bonds. The normalized spacial score (nSPS) is 16.4. The highest BCUT2D eigenvalue weighted by molar-refractivity contribution is 6.34. The van der Waals surface area contributed by atoms with Crippen molar-refractivity contribution in [3.8, 4) is 0 Å². The minimum absolute atomic E-state index is 0.0236. The van der Waals surface area contributed by atoms with E-state index in [-0.39, 0.29) is 21.8 Å². The lowest BCUT2D eigenvalue weighted by Gasteiger charge is -2.11. The summed E-state index contributed by atoms with van der Waals surface area (Å²) in [5.41, 5.74) is 0.286. The van der Waals surface area contributed by atoms with Gasteiger partial charge in [0.2, 0.25) is 0 Å². The van der Waals surface area contributed by atoms with Crippen molar-refractivity contribution >= 4 is 29.2 Å². The Morgan fingerprint density at radius 2 is 2.06 bits per heavy atom. The molecule has 0 aliphatic heterocycles. The van der Waals surface area contributed by atoms with Gasteiger partial charge >= 0.3 is 5.97 Å². The number of carbonyl (C=O) groups excluding carboxylic acids is 1. The predicted molar refractivity (Wildman–Crippen MR) is 61.9 cm³/mol. The number of aromatic nitrogens is 1. The van der Waals surface area contributed by atoms with E-state index >= 15 is 0 Å². The van der Waals surface area contributed by atoms with Crippen molar-refractivity contribution in [2.75, 3.05) is 0 Å². The number of nitrogens with zero attached hydrogens (tertiary/aromatic N) is 1. The molecule has 86 valence electrons. The van der Waals surface area contributed by atoms with Gasteiger partial charge in [-0.3, -0.25) is 0 Å². The molecule has 1 aliphatic carbocycles. The molecule has 1 heterocycles. The van der Waals surface area contributed by atoms with Crippen LogP contribution in [0, 0.1) is 0 Å². The fraction of sp³-hybridized carbons (Fsp3) is 0.455. The van der Waals surface area contributed by atoms with E-state index < -0.39 is 5.97 Å². The first kappa shape index (κ1) is 11.7. The standard InChI is InChI=1S/C11H11Cl2NO2/c12-9-6-14-10(13)5-8(9)11(15)16-7-3-1-2-4-7/h5-7H,1-4H2. The fourth-order valence-corrected chi connectivity index (χ4v) is 2.13. The van der Waals surface area contributed by atoms with Crippen LogP contribution in [0.4, 0.5) is 0 Å². The minimum Gasteiger partial charge on any atom is -0.459 e.